The first-order valence-corrected chi connectivity index (χ1v) is 6.22. The van der Waals surface area contributed by atoms with Crippen LogP contribution in [0.1, 0.15) is 11.5 Å². The molecule has 0 radical (unpaired) electrons. The molecule has 6 heteroatoms. The number of amides is 1. The molecule has 104 valence electrons. The van der Waals surface area contributed by atoms with Gasteiger partial charge >= 0.3 is 6.09 Å². The Bertz CT molecular complexity index is 423. The van der Waals surface area contributed by atoms with Gasteiger partial charge in [0.1, 0.15) is 13.2 Å². The zero-order valence-electron chi connectivity index (χ0n) is 11.0. The molecule has 0 bridgehead atoms. The number of hydrogen-bond donors (Lipinski definition) is 1. The van der Waals surface area contributed by atoms with E-state index < -0.39 is 6.09 Å². The van der Waals surface area contributed by atoms with Gasteiger partial charge in [-0.3, -0.25) is 0 Å². The first-order valence-electron chi connectivity index (χ1n) is 5.82. The molecule has 5 nitrogen and oxygen atoms in total. The molecule has 0 fully saturated rings. The highest BCUT2D eigenvalue weighted by Gasteiger charge is 2.15. The smallest absolute Gasteiger partial charge is 0.404 e. The summed E-state index contributed by atoms with van der Waals surface area (Å²) in [5.41, 5.74) is 5.99. The highest BCUT2D eigenvalue weighted by molar-refractivity contribution is 7.80. The molecule has 2 N–H and O–H groups in total. The van der Waals surface area contributed by atoms with Crippen LogP contribution >= 0.6 is 12.2 Å². The van der Waals surface area contributed by atoms with Gasteiger partial charge in [0.15, 0.2) is 0 Å². The topological polar surface area (TPSA) is 64.8 Å². The van der Waals surface area contributed by atoms with Crippen LogP contribution in [0.15, 0.2) is 30.3 Å². The number of ether oxygens (including phenoxy) is 2. The lowest BCUT2D eigenvalue weighted by Gasteiger charge is -2.20. The van der Waals surface area contributed by atoms with Crippen molar-refractivity contribution in [2.24, 2.45) is 5.73 Å². The number of rotatable bonds is 5. The predicted molar refractivity (Wildman–Crippen MR) is 77.0 cm³/mol. The van der Waals surface area contributed by atoms with Gasteiger partial charge in [-0.1, -0.05) is 30.3 Å². The SMILES string of the molecule is CN(C)C(=S)OCC(COC(N)=O)c1ccccc1. The number of thiocarbonyl (C=S) groups is 1. The second kappa shape index (κ2) is 7.58. The zero-order valence-corrected chi connectivity index (χ0v) is 11.9. The van der Waals surface area contributed by atoms with Crippen molar-refractivity contribution in [1.29, 1.82) is 0 Å². The Morgan fingerprint density at radius 1 is 1.26 bits per heavy atom. The Morgan fingerprint density at radius 3 is 2.37 bits per heavy atom. The number of carbonyl (C=O) groups is 1. The van der Waals surface area contributed by atoms with Crippen molar-refractivity contribution in [1.82, 2.24) is 4.90 Å². The first kappa shape index (κ1) is 15.2. The highest BCUT2D eigenvalue weighted by Crippen LogP contribution is 2.16. The molecule has 0 heterocycles. The summed E-state index contributed by atoms with van der Waals surface area (Å²) in [6, 6.07) is 9.63. The van der Waals surface area contributed by atoms with E-state index in [2.05, 4.69) is 0 Å². The quantitative estimate of drug-likeness (QED) is 0.833. The monoisotopic (exact) mass is 282 g/mol. The number of hydrogen-bond acceptors (Lipinski definition) is 4. The molecular weight excluding hydrogens is 264 g/mol. The molecule has 19 heavy (non-hydrogen) atoms. The van der Waals surface area contributed by atoms with Crippen molar-refractivity contribution in [3.63, 3.8) is 0 Å². The van der Waals surface area contributed by atoms with Crippen molar-refractivity contribution in [2.45, 2.75) is 5.92 Å². The van der Waals surface area contributed by atoms with Crippen LogP contribution in [0, 0.1) is 0 Å². The molecular formula is C13H18N2O3S. The molecule has 0 aliphatic heterocycles. The maximum Gasteiger partial charge on any atom is 0.404 e. The summed E-state index contributed by atoms with van der Waals surface area (Å²) in [5.74, 6) is -0.105. The molecule has 1 aromatic carbocycles. The Labute approximate surface area is 118 Å². The fourth-order valence-electron chi connectivity index (χ4n) is 1.45. The summed E-state index contributed by atoms with van der Waals surface area (Å²) in [4.78, 5) is 12.4. The van der Waals surface area contributed by atoms with Gasteiger partial charge in [-0.25, -0.2) is 4.79 Å². The summed E-state index contributed by atoms with van der Waals surface area (Å²) >= 11 is 5.05. The van der Waals surface area contributed by atoms with Crippen molar-refractivity contribution in [3.05, 3.63) is 35.9 Å². The Hall–Kier alpha value is -1.82. The summed E-state index contributed by atoms with van der Waals surface area (Å²) in [5, 5.41) is 0.389. The molecule has 1 rings (SSSR count). The van der Waals surface area contributed by atoms with E-state index in [1.54, 1.807) is 19.0 Å². The third-order valence-corrected chi connectivity index (χ3v) is 2.95. The molecule has 1 unspecified atom stereocenters. The average Bonchev–Trinajstić information content (AvgIpc) is 2.39. The van der Waals surface area contributed by atoms with E-state index >= 15 is 0 Å². The Balaban J connectivity index is 2.65. The summed E-state index contributed by atoms with van der Waals surface area (Å²) in [6.45, 7) is 0.490. The molecule has 0 spiro atoms. The predicted octanol–water partition coefficient (Wildman–Crippen LogP) is 1.73. The van der Waals surface area contributed by atoms with Gasteiger partial charge in [0.2, 0.25) is 0 Å². The van der Waals surface area contributed by atoms with Crippen LogP contribution < -0.4 is 5.73 Å². The molecule has 0 aromatic heterocycles. The molecule has 0 aliphatic carbocycles. The van der Waals surface area contributed by atoms with Crippen LogP contribution in [-0.2, 0) is 9.47 Å². The zero-order chi connectivity index (χ0) is 14.3. The third-order valence-electron chi connectivity index (χ3n) is 2.47. The van der Waals surface area contributed by atoms with Crippen molar-refractivity contribution >= 4 is 23.5 Å². The van der Waals surface area contributed by atoms with E-state index in [0.717, 1.165) is 5.56 Å². The molecule has 1 aromatic rings. The standard InChI is InChI=1S/C13H18N2O3S/c1-15(2)13(19)18-9-11(8-17-12(14)16)10-6-4-3-5-7-10/h3-7,11H,8-9H2,1-2H3,(H2,14,16). The van der Waals surface area contributed by atoms with Gasteiger partial charge in [0.05, 0.1) is 5.92 Å². The fraction of sp³-hybridized carbons (Fsp3) is 0.385. The van der Waals surface area contributed by atoms with Crippen LogP contribution in [0.5, 0.6) is 0 Å². The minimum atomic E-state index is -0.795. The van der Waals surface area contributed by atoms with Gasteiger partial charge in [-0.15, -0.1) is 0 Å². The average molecular weight is 282 g/mol. The van der Waals surface area contributed by atoms with Crippen molar-refractivity contribution in [3.8, 4) is 0 Å². The second-order valence-corrected chi connectivity index (χ2v) is 4.56. The van der Waals surface area contributed by atoms with Gasteiger partial charge < -0.3 is 20.1 Å². The Kier molecular flexibility index (Phi) is 6.08. The molecule has 0 saturated heterocycles. The van der Waals surface area contributed by atoms with E-state index in [9.17, 15) is 4.79 Å². The molecule has 0 saturated carbocycles. The van der Waals surface area contributed by atoms with Crippen LogP contribution in [0.4, 0.5) is 4.79 Å². The Morgan fingerprint density at radius 2 is 1.84 bits per heavy atom. The summed E-state index contributed by atoms with van der Waals surface area (Å²) in [6.07, 6.45) is -0.795. The van der Waals surface area contributed by atoms with E-state index in [1.807, 2.05) is 30.3 Å². The molecule has 0 aliphatic rings. The molecule has 1 amide bonds. The number of primary amides is 1. The number of benzene rings is 1. The van der Waals surface area contributed by atoms with Crippen LogP contribution in [-0.4, -0.2) is 43.5 Å². The van der Waals surface area contributed by atoms with Crippen molar-refractivity contribution < 1.29 is 14.3 Å². The fourth-order valence-corrected chi connectivity index (χ4v) is 1.52. The van der Waals surface area contributed by atoms with Crippen molar-refractivity contribution in [2.75, 3.05) is 27.3 Å². The number of nitrogens with two attached hydrogens (primary N) is 1. The normalized spacial score (nSPS) is 11.5. The maximum atomic E-state index is 10.7. The lowest BCUT2D eigenvalue weighted by molar-refractivity contribution is 0.132. The highest BCUT2D eigenvalue weighted by atomic mass is 32.1. The van der Waals surface area contributed by atoms with E-state index in [1.165, 1.54) is 0 Å². The molecule has 1 atom stereocenters. The number of nitrogens with zero attached hydrogens (tertiary/aromatic N) is 1. The van der Waals surface area contributed by atoms with E-state index in [0.29, 0.717) is 11.8 Å². The second-order valence-electron chi connectivity index (χ2n) is 4.21. The summed E-state index contributed by atoms with van der Waals surface area (Å²) in [7, 11) is 3.61. The lowest BCUT2D eigenvalue weighted by Crippen LogP contribution is -2.27. The summed E-state index contributed by atoms with van der Waals surface area (Å²) < 4.78 is 10.3. The van der Waals surface area contributed by atoms with Gasteiger partial charge in [-0.2, -0.15) is 0 Å². The third kappa shape index (κ3) is 5.56. The van der Waals surface area contributed by atoms with E-state index in [4.69, 9.17) is 27.4 Å². The largest absolute Gasteiger partial charge is 0.470 e. The first-order chi connectivity index (χ1) is 9.00. The van der Waals surface area contributed by atoms with Crippen LogP contribution in [0.25, 0.3) is 0 Å². The minimum absolute atomic E-state index is 0.105. The van der Waals surface area contributed by atoms with E-state index in [-0.39, 0.29) is 12.5 Å². The lowest BCUT2D eigenvalue weighted by atomic mass is 10.0. The maximum absolute atomic E-state index is 10.7. The number of carbonyl (C=O) groups excluding carboxylic acids is 1. The van der Waals surface area contributed by atoms with Gasteiger partial charge in [-0.05, 0) is 17.8 Å². The van der Waals surface area contributed by atoms with Gasteiger partial charge in [0, 0.05) is 14.1 Å². The van der Waals surface area contributed by atoms with Crippen LogP contribution in [0.3, 0.4) is 0 Å². The van der Waals surface area contributed by atoms with Crippen LogP contribution in [0.2, 0.25) is 0 Å². The van der Waals surface area contributed by atoms with Gasteiger partial charge in [0.25, 0.3) is 5.17 Å². The minimum Gasteiger partial charge on any atom is -0.470 e.